The molecule has 0 saturated carbocycles. The topological polar surface area (TPSA) is 99.1 Å². The van der Waals surface area contributed by atoms with Crippen LogP contribution in [-0.2, 0) is 18.6 Å². The molecule has 38 heavy (non-hydrogen) atoms. The fourth-order valence-corrected chi connectivity index (χ4v) is 4.69. The zero-order chi connectivity index (χ0) is 27.3. The number of carbonyl (C=O) groups excluding carboxylic acids is 1. The number of ether oxygens (including phenoxy) is 1. The Morgan fingerprint density at radius 3 is 2.50 bits per heavy atom. The molecule has 0 aliphatic carbocycles. The Hall–Kier alpha value is -3.95. The number of phenolic OH excluding ortho intramolecular Hbond substituents is 1. The van der Waals surface area contributed by atoms with Crippen molar-refractivity contribution in [3.05, 3.63) is 82.9 Å². The maximum absolute atomic E-state index is 12.3. The van der Waals surface area contributed by atoms with Gasteiger partial charge in [0.2, 0.25) is 0 Å². The minimum atomic E-state index is -0.522. The van der Waals surface area contributed by atoms with Crippen molar-refractivity contribution in [3.8, 4) is 11.5 Å². The van der Waals surface area contributed by atoms with Crippen LogP contribution in [0, 0.1) is 0 Å². The van der Waals surface area contributed by atoms with Crippen molar-refractivity contribution in [1.29, 1.82) is 0 Å². The van der Waals surface area contributed by atoms with E-state index in [4.69, 9.17) is 4.74 Å². The standard InChI is InChI=1S/C29H33N5O3S/c1-29(2,3)22-10-6-19(7-11-22)18-37-23-12-9-21(25(35)15-23)16-30-33-27(36)32-28-31-24-13-8-20(17-34(4)5)14-26(24)38-28/h6-16,35H,17-18H2,1-5H3,(H2,31,32,33,36)/b30-16+. The summed E-state index contributed by atoms with van der Waals surface area (Å²) >= 11 is 1.40. The van der Waals surface area contributed by atoms with Crippen LogP contribution in [0.15, 0.2) is 65.8 Å². The van der Waals surface area contributed by atoms with Crippen LogP contribution in [0.2, 0.25) is 0 Å². The maximum atomic E-state index is 12.3. The van der Waals surface area contributed by atoms with Gasteiger partial charge >= 0.3 is 6.03 Å². The van der Waals surface area contributed by atoms with Gasteiger partial charge in [0.15, 0.2) is 5.13 Å². The Morgan fingerprint density at radius 2 is 1.82 bits per heavy atom. The molecule has 0 fully saturated rings. The first kappa shape index (κ1) is 27.1. The molecule has 9 heteroatoms. The van der Waals surface area contributed by atoms with Crippen LogP contribution >= 0.6 is 11.3 Å². The lowest BCUT2D eigenvalue weighted by Crippen LogP contribution is -2.24. The van der Waals surface area contributed by atoms with Crippen LogP contribution in [-0.4, -0.2) is 41.3 Å². The third-order valence-electron chi connectivity index (χ3n) is 5.77. The summed E-state index contributed by atoms with van der Waals surface area (Å²) in [5.74, 6) is 0.533. The maximum Gasteiger partial charge on any atom is 0.341 e. The molecular formula is C29H33N5O3S. The number of benzene rings is 3. The molecule has 0 aliphatic heterocycles. The average molecular weight is 532 g/mol. The summed E-state index contributed by atoms with van der Waals surface area (Å²) in [6.07, 6.45) is 1.37. The van der Waals surface area contributed by atoms with Crippen LogP contribution in [0.1, 0.15) is 43.0 Å². The zero-order valence-corrected chi connectivity index (χ0v) is 23.1. The summed E-state index contributed by atoms with van der Waals surface area (Å²) in [5, 5.41) is 17.5. The third-order valence-corrected chi connectivity index (χ3v) is 6.70. The highest BCUT2D eigenvalue weighted by Gasteiger charge is 2.13. The number of thiazole rings is 1. The van der Waals surface area contributed by atoms with Crippen LogP contribution in [0.3, 0.4) is 0 Å². The molecule has 198 valence electrons. The number of anilines is 1. The summed E-state index contributed by atoms with van der Waals surface area (Å²) in [4.78, 5) is 18.8. The minimum Gasteiger partial charge on any atom is -0.507 e. The van der Waals surface area contributed by atoms with E-state index >= 15 is 0 Å². The van der Waals surface area contributed by atoms with Crippen molar-refractivity contribution in [2.45, 2.75) is 39.3 Å². The van der Waals surface area contributed by atoms with Crippen molar-refractivity contribution in [2.75, 3.05) is 19.4 Å². The summed E-state index contributed by atoms with van der Waals surface area (Å²) in [7, 11) is 4.04. The second-order valence-electron chi connectivity index (χ2n) is 10.3. The number of amides is 2. The monoisotopic (exact) mass is 531 g/mol. The molecule has 0 unspecified atom stereocenters. The van der Waals surface area contributed by atoms with Crippen molar-refractivity contribution < 1.29 is 14.6 Å². The van der Waals surface area contributed by atoms with Crippen molar-refractivity contribution in [2.24, 2.45) is 5.10 Å². The Bertz CT molecular complexity index is 1440. The third kappa shape index (κ3) is 7.30. The first-order chi connectivity index (χ1) is 18.1. The van der Waals surface area contributed by atoms with Crippen LogP contribution in [0.4, 0.5) is 9.93 Å². The molecule has 3 aromatic carbocycles. The largest absolute Gasteiger partial charge is 0.507 e. The van der Waals surface area contributed by atoms with E-state index in [0.29, 0.717) is 23.1 Å². The summed E-state index contributed by atoms with van der Waals surface area (Å²) in [6.45, 7) is 7.76. The Balaban J connectivity index is 1.29. The molecule has 0 aliphatic rings. The SMILES string of the molecule is CN(C)Cc1ccc2nc(NC(=O)N/N=C/c3ccc(OCc4ccc(C(C)(C)C)cc4)cc3O)sc2c1. The predicted molar refractivity (Wildman–Crippen MR) is 154 cm³/mol. The van der Waals surface area contributed by atoms with E-state index < -0.39 is 6.03 Å². The molecule has 0 saturated heterocycles. The van der Waals surface area contributed by atoms with Gasteiger partial charge in [-0.1, -0.05) is 62.4 Å². The molecular weight excluding hydrogens is 498 g/mol. The van der Waals surface area contributed by atoms with Crippen LogP contribution in [0.5, 0.6) is 11.5 Å². The molecule has 4 aromatic rings. The first-order valence-corrected chi connectivity index (χ1v) is 13.1. The predicted octanol–water partition coefficient (Wildman–Crippen LogP) is 6.10. The number of carbonyl (C=O) groups is 1. The molecule has 0 spiro atoms. The van der Waals surface area contributed by atoms with E-state index in [1.165, 1.54) is 34.7 Å². The van der Waals surface area contributed by atoms with Gasteiger partial charge in [0, 0.05) is 18.2 Å². The smallest absolute Gasteiger partial charge is 0.341 e. The van der Waals surface area contributed by atoms with E-state index in [2.05, 4.69) is 76.8 Å². The Kier molecular flexibility index (Phi) is 8.29. The number of nitrogens with one attached hydrogen (secondary N) is 2. The van der Waals surface area contributed by atoms with Crippen molar-refractivity contribution in [3.63, 3.8) is 0 Å². The summed E-state index contributed by atoms with van der Waals surface area (Å²) in [6, 6.07) is 18.8. The number of hydrogen-bond acceptors (Lipinski definition) is 7. The molecule has 1 heterocycles. The number of rotatable bonds is 8. The Morgan fingerprint density at radius 1 is 1.08 bits per heavy atom. The highest BCUT2D eigenvalue weighted by molar-refractivity contribution is 7.22. The second-order valence-corrected chi connectivity index (χ2v) is 11.4. The van der Waals surface area contributed by atoms with Gasteiger partial charge in [0.25, 0.3) is 0 Å². The number of hydrazone groups is 1. The van der Waals surface area contributed by atoms with Gasteiger partial charge in [-0.15, -0.1) is 0 Å². The fourth-order valence-electron chi connectivity index (χ4n) is 3.76. The van der Waals surface area contributed by atoms with E-state index in [-0.39, 0.29) is 11.2 Å². The number of urea groups is 1. The molecule has 1 aromatic heterocycles. The molecule has 0 atom stereocenters. The van der Waals surface area contributed by atoms with Gasteiger partial charge < -0.3 is 14.7 Å². The van der Waals surface area contributed by atoms with Gasteiger partial charge in [-0.2, -0.15) is 5.10 Å². The number of fused-ring (bicyclic) bond motifs is 1. The van der Waals surface area contributed by atoms with Crippen molar-refractivity contribution >= 4 is 38.9 Å². The van der Waals surface area contributed by atoms with Gasteiger partial charge in [0.1, 0.15) is 18.1 Å². The molecule has 4 rings (SSSR count). The van der Waals surface area contributed by atoms with Gasteiger partial charge in [-0.3, -0.25) is 5.32 Å². The van der Waals surface area contributed by atoms with E-state index in [9.17, 15) is 9.90 Å². The fraction of sp³-hybridized carbons (Fsp3) is 0.276. The normalized spacial score (nSPS) is 11.8. The summed E-state index contributed by atoms with van der Waals surface area (Å²) in [5.41, 5.74) is 7.26. The lowest BCUT2D eigenvalue weighted by Gasteiger charge is -2.19. The molecule has 8 nitrogen and oxygen atoms in total. The molecule has 0 bridgehead atoms. The number of aromatic nitrogens is 1. The number of phenols is 1. The van der Waals surface area contributed by atoms with E-state index in [1.54, 1.807) is 12.1 Å². The van der Waals surface area contributed by atoms with Crippen molar-refractivity contribution in [1.82, 2.24) is 15.3 Å². The average Bonchev–Trinajstić information content (AvgIpc) is 3.24. The number of hydrogen-bond donors (Lipinski definition) is 3. The van der Waals surface area contributed by atoms with E-state index in [1.807, 2.05) is 26.2 Å². The second kappa shape index (κ2) is 11.6. The molecule has 2 amide bonds. The van der Waals surface area contributed by atoms with E-state index in [0.717, 1.165) is 22.3 Å². The van der Waals surface area contributed by atoms with Gasteiger partial charge in [-0.05, 0) is 60.5 Å². The van der Waals surface area contributed by atoms with Crippen LogP contribution in [0.25, 0.3) is 10.2 Å². The number of aromatic hydroxyl groups is 1. The Labute approximate surface area is 227 Å². The van der Waals surface area contributed by atoms with Gasteiger partial charge in [0.05, 0.1) is 16.4 Å². The minimum absolute atomic E-state index is 0.00348. The lowest BCUT2D eigenvalue weighted by atomic mass is 9.87. The van der Waals surface area contributed by atoms with Gasteiger partial charge in [-0.25, -0.2) is 15.2 Å². The highest BCUT2D eigenvalue weighted by atomic mass is 32.1. The quantitative estimate of drug-likeness (QED) is 0.189. The lowest BCUT2D eigenvalue weighted by molar-refractivity contribution is 0.252. The first-order valence-electron chi connectivity index (χ1n) is 12.3. The molecule has 3 N–H and O–H groups in total. The highest BCUT2D eigenvalue weighted by Crippen LogP contribution is 2.27. The number of nitrogens with zero attached hydrogens (tertiary/aromatic N) is 3. The summed E-state index contributed by atoms with van der Waals surface area (Å²) < 4.78 is 6.82. The zero-order valence-electron chi connectivity index (χ0n) is 22.3. The molecule has 0 radical (unpaired) electrons. The van der Waals surface area contributed by atoms with Crippen LogP contribution < -0.4 is 15.5 Å².